The fraction of sp³-hybridized carbons (Fsp3) is 0.0667. The predicted molar refractivity (Wildman–Crippen MR) is 106 cm³/mol. The third-order valence-electron chi connectivity index (χ3n) is 2.87. The summed E-state index contributed by atoms with van der Waals surface area (Å²) >= 11 is 26.6. The second kappa shape index (κ2) is 8.36. The first-order valence-electron chi connectivity index (χ1n) is 6.42. The fourth-order valence-electron chi connectivity index (χ4n) is 1.81. The van der Waals surface area contributed by atoms with Crippen LogP contribution in [-0.2, 0) is 0 Å². The molecule has 1 amide bonds. The topological polar surface area (TPSA) is 50.4 Å². The second-order valence-electron chi connectivity index (χ2n) is 4.51. The van der Waals surface area contributed by atoms with E-state index in [4.69, 9.17) is 51.8 Å². The van der Waals surface area contributed by atoms with E-state index < -0.39 is 5.91 Å². The number of amides is 1. The average molecular weight is 469 g/mol. The SMILES string of the molecule is COc1c(Cl)cc(C(=O)NC(=S)Nc2ccc(Br)cc2Cl)cc1Cl. The van der Waals surface area contributed by atoms with Crippen LogP contribution in [0.15, 0.2) is 34.8 Å². The van der Waals surface area contributed by atoms with Gasteiger partial charge in [0.2, 0.25) is 0 Å². The zero-order valence-electron chi connectivity index (χ0n) is 12.1. The maximum Gasteiger partial charge on any atom is 0.257 e. The van der Waals surface area contributed by atoms with Crippen LogP contribution in [0.2, 0.25) is 15.1 Å². The van der Waals surface area contributed by atoms with Crippen molar-refractivity contribution >= 4 is 79.7 Å². The summed E-state index contributed by atoms with van der Waals surface area (Å²) in [7, 11) is 1.44. The van der Waals surface area contributed by atoms with Gasteiger partial charge in [-0.2, -0.15) is 0 Å². The van der Waals surface area contributed by atoms with Crippen molar-refractivity contribution in [1.82, 2.24) is 5.32 Å². The number of carbonyl (C=O) groups is 1. The molecule has 0 aromatic heterocycles. The van der Waals surface area contributed by atoms with Gasteiger partial charge in [0.1, 0.15) is 0 Å². The Morgan fingerprint density at radius 1 is 1.12 bits per heavy atom. The number of benzene rings is 2. The number of halogens is 4. The minimum Gasteiger partial charge on any atom is -0.494 e. The largest absolute Gasteiger partial charge is 0.494 e. The number of methoxy groups -OCH3 is 1. The van der Waals surface area contributed by atoms with Crippen molar-refractivity contribution in [3.05, 3.63) is 55.4 Å². The zero-order valence-corrected chi connectivity index (χ0v) is 16.8. The molecule has 0 fully saturated rings. The molecule has 0 unspecified atom stereocenters. The van der Waals surface area contributed by atoms with Gasteiger partial charge in [-0.3, -0.25) is 10.1 Å². The van der Waals surface area contributed by atoms with Crippen molar-refractivity contribution in [3.63, 3.8) is 0 Å². The van der Waals surface area contributed by atoms with E-state index in [1.54, 1.807) is 18.2 Å². The second-order valence-corrected chi connectivity index (χ2v) is 7.05. The first kappa shape index (κ1) is 19.3. The van der Waals surface area contributed by atoms with Gasteiger partial charge in [0, 0.05) is 10.0 Å². The van der Waals surface area contributed by atoms with Gasteiger partial charge in [-0.25, -0.2) is 0 Å². The highest BCUT2D eigenvalue weighted by atomic mass is 79.9. The summed E-state index contributed by atoms with van der Waals surface area (Å²) < 4.78 is 5.87. The zero-order chi connectivity index (χ0) is 17.9. The van der Waals surface area contributed by atoms with E-state index in [-0.39, 0.29) is 20.7 Å². The normalized spacial score (nSPS) is 10.2. The summed E-state index contributed by atoms with van der Waals surface area (Å²) in [6.07, 6.45) is 0. The van der Waals surface area contributed by atoms with Crippen molar-refractivity contribution in [3.8, 4) is 5.75 Å². The van der Waals surface area contributed by atoms with Crippen LogP contribution in [0.1, 0.15) is 10.4 Å². The number of hydrogen-bond acceptors (Lipinski definition) is 3. The highest BCUT2D eigenvalue weighted by Crippen LogP contribution is 2.33. The molecule has 0 saturated heterocycles. The molecule has 4 nitrogen and oxygen atoms in total. The monoisotopic (exact) mass is 466 g/mol. The molecule has 24 heavy (non-hydrogen) atoms. The van der Waals surface area contributed by atoms with Crippen LogP contribution in [-0.4, -0.2) is 18.1 Å². The van der Waals surface area contributed by atoms with Crippen LogP contribution in [0.3, 0.4) is 0 Å². The van der Waals surface area contributed by atoms with Crippen LogP contribution in [0.5, 0.6) is 5.75 Å². The average Bonchev–Trinajstić information content (AvgIpc) is 2.49. The highest BCUT2D eigenvalue weighted by Gasteiger charge is 2.15. The lowest BCUT2D eigenvalue weighted by Crippen LogP contribution is -2.34. The van der Waals surface area contributed by atoms with Crippen LogP contribution in [0.25, 0.3) is 0 Å². The summed E-state index contributed by atoms with van der Waals surface area (Å²) in [5.41, 5.74) is 0.813. The van der Waals surface area contributed by atoms with E-state index in [0.29, 0.717) is 16.5 Å². The maximum absolute atomic E-state index is 12.3. The number of carbonyl (C=O) groups excluding carboxylic acids is 1. The standard InChI is InChI=1S/C15H10BrCl3N2O2S/c1-23-13-10(18)4-7(5-11(13)19)14(22)21-15(24)20-12-3-2-8(16)6-9(12)17/h2-6H,1H3,(H2,20,21,22,24). The number of thiocarbonyl (C=S) groups is 1. The lowest BCUT2D eigenvalue weighted by molar-refractivity contribution is 0.0977. The molecular weight excluding hydrogens is 459 g/mol. The Morgan fingerprint density at radius 3 is 2.29 bits per heavy atom. The molecule has 0 saturated carbocycles. The molecule has 0 aliphatic carbocycles. The number of ether oxygens (including phenoxy) is 1. The van der Waals surface area contributed by atoms with Gasteiger partial charge in [-0.05, 0) is 42.5 Å². The molecular formula is C15H10BrCl3N2O2S. The first-order valence-corrected chi connectivity index (χ1v) is 8.75. The molecule has 0 heterocycles. The number of hydrogen-bond donors (Lipinski definition) is 2. The first-order chi connectivity index (χ1) is 11.3. The Balaban J connectivity index is 2.10. The van der Waals surface area contributed by atoms with Gasteiger partial charge in [-0.1, -0.05) is 50.7 Å². The van der Waals surface area contributed by atoms with E-state index in [0.717, 1.165) is 4.47 Å². The van der Waals surface area contributed by atoms with Gasteiger partial charge >= 0.3 is 0 Å². The van der Waals surface area contributed by atoms with Crippen molar-refractivity contribution in [2.75, 3.05) is 12.4 Å². The van der Waals surface area contributed by atoms with Crippen molar-refractivity contribution in [2.24, 2.45) is 0 Å². The third kappa shape index (κ3) is 4.74. The Kier molecular flexibility index (Phi) is 6.71. The van der Waals surface area contributed by atoms with E-state index in [1.165, 1.54) is 19.2 Å². The summed E-state index contributed by atoms with van der Waals surface area (Å²) in [4.78, 5) is 12.3. The molecule has 2 aromatic rings. The molecule has 2 N–H and O–H groups in total. The Labute approximate surface area is 167 Å². The maximum atomic E-state index is 12.3. The van der Waals surface area contributed by atoms with Crippen LogP contribution < -0.4 is 15.4 Å². The molecule has 0 aliphatic heterocycles. The van der Waals surface area contributed by atoms with Gasteiger partial charge in [0.15, 0.2) is 10.9 Å². The summed E-state index contributed by atoms with van der Waals surface area (Å²) in [6.45, 7) is 0. The Morgan fingerprint density at radius 2 is 1.75 bits per heavy atom. The molecule has 0 atom stereocenters. The Bertz CT molecular complexity index is 794. The smallest absolute Gasteiger partial charge is 0.257 e. The quantitative estimate of drug-likeness (QED) is 0.581. The lowest BCUT2D eigenvalue weighted by atomic mass is 10.2. The molecule has 0 aliphatic rings. The summed E-state index contributed by atoms with van der Waals surface area (Å²) in [6, 6.07) is 8.11. The van der Waals surface area contributed by atoms with Gasteiger partial charge < -0.3 is 10.1 Å². The van der Waals surface area contributed by atoms with Crippen LogP contribution >= 0.6 is 63.0 Å². The van der Waals surface area contributed by atoms with Crippen molar-refractivity contribution in [2.45, 2.75) is 0 Å². The molecule has 2 rings (SSSR count). The molecule has 0 spiro atoms. The molecule has 126 valence electrons. The minimum absolute atomic E-state index is 0.0901. The molecule has 2 aromatic carbocycles. The molecule has 9 heteroatoms. The number of anilines is 1. The lowest BCUT2D eigenvalue weighted by Gasteiger charge is -2.12. The minimum atomic E-state index is -0.466. The highest BCUT2D eigenvalue weighted by molar-refractivity contribution is 9.10. The van der Waals surface area contributed by atoms with E-state index in [2.05, 4.69) is 26.6 Å². The van der Waals surface area contributed by atoms with Gasteiger partial charge in [-0.15, -0.1) is 0 Å². The van der Waals surface area contributed by atoms with E-state index >= 15 is 0 Å². The number of rotatable bonds is 3. The van der Waals surface area contributed by atoms with Gasteiger partial charge in [0.25, 0.3) is 5.91 Å². The van der Waals surface area contributed by atoms with Crippen molar-refractivity contribution < 1.29 is 9.53 Å². The third-order valence-corrected chi connectivity index (χ3v) is 4.44. The fourth-order valence-corrected chi connectivity index (χ4v) is 3.37. The number of nitrogens with one attached hydrogen (secondary N) is 2. The van der Waals surface area contributed by atoms with Crippen LogP contribution in [0.4, 0.5) is 5.69 Å². The van der Waals surface area contributed by atoms with Crippen molar-refractivity contribution in [1.29, 1.82) is 0 Å². The predicted octanol–water partition coefficient (Wildman–Crippen LogP) is 5.54. The summed E-state index contributed by atoms with van der Waals surface area (Å²) in [5.74, 6) is -0.163. The van der Waals surface area contributed by atoms with E-state index in [1.807, 2.05) is 0 Å². The van der Waals surface area contributed by atoms with Gasteiger partial charge in [0.05, 0.1) is 27.9 Å². The van der Waals surface area contributed by atoms with Crippen LogP contribution in [0, 0.1) is 0 Å². The Hall–Kier alpha value is -1.05. The summed E-state index contributed by atoms with van der Waals surface area (Å²) in [5, 5.41) is 6.38. The van der Waals surface area contributed by atoms with E-state index in [9.17, 15) is 4.79 Å². The molecule has 0 bridgehead atoms. The molecule has 0 radical (unpaired) electrons.